The number of allylic oxidation sites excluding steroid dienone is 1. The Morgan fingerprint density at radius 1 is 1.12 bits per heavy atom. The van der Waals surface area contributed by atoms with E-state index in [4.69, 9.17) is 9.47 Å². The highest BCUT2D eigenvalue weighted by molar-refractivity contribution is 6.01. The third kappa shape index (κ3) is 4.53. The largest absolute Gasteiger partial charge is 0.489 e. The average Bonchev–Trinajstić information content (AvgIpc) is 2.92. The van der Waals surface area contributed by atoms with Crippen molar-refractivity contribution in [1.82, 2.24) is 15.1 Å². The van der Waals surface area contributed by atoms with Crippen LogP contribution in [0.25, 0.3) is 0 Å². The number of nitrogens with zero attached hydrogens (tertiary/aromatic N) is 2. The number of rotatable bonds is 6. The molecule has 33 heavy (non-hydrogen) atoms. The number of likely N-dealkylation sites (tertiary alicyclic amines) is 1. The van der Waals surface area contributed by atoms with E-state index in [1.807, 2.05) is 18.2 Å². The summed E-state index contributed by atoms with van der Waals surface area (Å²) in [6.45, 7) is 9.09. The molecule has 2 saturated heterocycles. The molecule has 1 saturated carbocycles. The van der Waals surface area contributed by atoms with Gasteiger partial charge in [-0.1, -0.05) is 19.4 Å². The lowest BCUT2D eigenvalue weighted by molar-refractivity contribution is -0.126. The van der Waals surface area contributed by atoms with E-state index in [1.54, 1.807) is 4.90 Å². The maximum atomic E-state index is 13.0. The lowest BCUT2D eigenvalue weighted by Gasteiger charge is -2.46. The molecule has 3 aliphatic heterocycles. The summed E-state index contributed by atoms with van der Waals surface area (Å²) >= 11 is 0. The van der Waals surface area contributed by atoms with Crippen molar-refractivity contribution in [2.45, 2.75) is 82.7 Å². The van der Waals surface area contributed by atoms with Crippen LogP contribution in [0.2, 0.25) is 0 Å². The molecule has 3 heterocycles. The summed E-state index contributed by atoms with van der Waals surface area (Å²) in [4.78, 5) is 29.7. The van der Waals surface area contributed by atoms with E-state index in [-0.39, 0.29) is 17.9 Å². The maximum absolute atomic E-state index is 13.0. The minimum atomic E-state index is -0.435. The molecule has 1 aromatic rings. The maximum Gasteiger partial charge on any atom is 0.255 e. The van der Waals surface area contributed by atoms with Gasteiger partial charge in [0.15, 0.2) is 0 Å². The first kappa shape index (κ1) is 22.4. The van der Waals surface area contributed by atoms with E-state index in [0.29, 0.717) is 37.1 Å². The fraction of sp³-hybridized carbons (Fsp3) is 0.615. The van der Waals surface area contributed by atoms with Crippen molar-refractivity contribution in [2.75, 3.05) is 19.7 Å². The molecule has 5 rings (SSSR count). The van der Waals surface area contributed by atoms with E-state index >= 15 is 0 Å². The lowest BCUT2D eigenvalue weighted by atomic mass is 9.98. The fourth-order valence-corrected chi connectivity index (χ4v) is 5.77. The van der Waals surface area contributed by atoms with Gasteiger partial charge in [0.05, 0.1) is 6.10 Å². The minimum absolute atomic E-state index is 0.0703. The standard InChI is InChI=1S/C26H35N3O4/c1-3-32-20-15-28(16-20)22-7-5-4-6-8-24(22)33-19-10-11-21-18(13-19)14-29(26(21)31)23-12-9-17(2)27-25(23)30/h10-11,13,20,22-24H,2-9,12,14-16H2,1H3,(H,27,30). The number of piperidine rings is 1. The Bertz CT molecular complexity index is 926. The first-order valence-corrected chi connectivity index (χ1v) is 12.5. The second-order valence-electron chi connectivity index (χ2n) is 9.79. The summed E-state index contributed by atoms with van der Waals surface area (Å²) in [5.74, 6) is 0.618. The van der Waals surface area contributed by atoms with Gasteiger partial charge in [-0.25, -0.2) is 0 Å². The summed E-state index contributed by atoms with van der Waals surface area (Å²) in [5.41, 5.74) is 2.35. The number of carbonyl (C=O) groups excluding carboxylic acids is 2. The van der Waals surface area contributed by atoms with Crippen molar-refractivity contribution in [2.24, 2.45) is 0 Å². The lowest BCUT2D eigenvalue weighted by Crippen LogP contribution is -2.60. The third-order valence-electron chi connectivity index (χ3n) is 7.56. The van der Waals surface area contributed by atoms with Crippen LogP contribution in [0.4, 0.5) is 0 Å². The van der Waals surface area contributed by atoms with Crippen LogP contribution in [0, 0.1) is 0 Å². The Balaban J connectivity index is 1.27. The van der Waals surface area contributed by atoms with Crippen molar-refractivity contribution in [1.29, 1.82) is 0 Å². The Morgan fingerprint density at radius 3 is 2.73 bits per heavy atom. The van der Waals surface area contributed by atoms with Crippen molar-refractivity contribution >= 4 is 11.8 Å². The van der Waals surface area contributed by atoms with E-state index in [1.165, 1.54) is 19.3 Å². The van der Waals surface area contributed by atoms with Crippen molar-refractivity contribution in [3.05, 3.63) is 41.6 Å². The Labute approximate surface area is 196 Å². The van der Waals surface area contributed by atoms with Gasteiger partial charge < -0.3 is 19.7 Å². The summed E-state index contributed by atoms with van der Waals surface area (Å²) in [6, 6.07) is 5.77. The molecule has 0 bridgehead atoms. The number of fused-ring (bicyclic) bond motifs is 1. The molecule has 3 unspecified atom stereocenters. The number of nitrogens with one attached hydrogen (secondary N) is 1. The topological polar surface area (TPSA) is 71.1 Å². The zero-order valence-electron chi connectivity index (χ0n) is 19.6. The molecule has 3 fully saturated rings. The van der Waals surface area contributed by atoms with Crippen LogP contribution in [-0.4, -0.2) is 65.6 Å². The fourth-order valence-electron chi connectivity index (χ4n) is 5.77. The molecule has 178 valence electrons. The van der Waals surface area contributed by atoms with E-state index < -0.39 is 6.04 Å². The van der Waals surface area contributed by atoms with Gasteiger partial charge in [-0.15, -0.1) is 0 Å². The molecule has 0 aromatic heterocycles. The first-order valence-electron chi connectivity index (χ1n) is 12.5. The van der Waals surface area contributed by atoms with Crippen LogP contribution in [0.1, 0.15) is 67.8 Å². The minimum Gasteiger partial charge on any atom is -0.489 e. The molecule has 2 amide bonds. The van der Waals surface area contributed by atoms with Gasteiger partial charge in [0.1, 0.15) is 17.9 Å². The second-order valence-corrected chi connectivity index (χ2v) is 9.79. The van der Waals surface area contributed by atoms with Gasteiger partial charge in [-0.3, -0.25) is 14.5 Å². The van der Waals surface area contributed by atoms with Crippen molar-refractivity contribution in [3.8, 4) is 5.75 Å². The second kappa shape index (κ2) is 9.47. The van der Waals surface area contributed by atoms with Gasteiger partial charge in [-0.2, -0.15) is 0 Å². The number of benzene rings is 1. The van der Waals surface area contributed by atoms with Gasteiger partial charge in [0, 0.05) is 43.5 Å². The van der Waals surface area contributed by atoms with Crippen LogP contribution in [0.5, 0.6) is 5.75 Å². The van der Waals surface area contributed by atoms with Gasteiger partial charge in [0.25, 0.3) is 5.91 Å². The highest BCUT2D eigenvalue weighted by Gasteiger charge is 2.40. The molecular weight excluding hydrogens is 418 g/mol. The molecule has 1 N–H and O–H groups in total. The number of ether oxygens (including phenoxy) is 2. The van der Waals surface area contributed by atoms with Gasteiger partial charge in [0.2, 0.25) is 5.91 Å². The molecule has 1 aromatic carbocycles. The summed E-state index contributed by atoms with van der Waals surface area (Å²) in [6.07, 6.45) is 7.71. The summed E-state index contributed by atoms with van der Waals surface area (Å²) in [5, 5.41) is 2.80. The number of carbonyl (C=O) groups is 2. The van der Waals surface area contributed by atoms with Crippen LogP contribution in [0.15, 0.2) is 30.5 Å². The van der Waals surface area contributed by atoms with Gasteiger partial charge in [-0.05, 0) is 62.8 Å². The third-order valence-corrected chi connectivity index (χ3v) is 7.56. The van der Waals surface area contributed by atoms with E-state index in [9.17, 15) is 9.59 Å². The zero-order chi connectivity index (χ0) is 22.9. The van der Waals surface area contributed by atoms with Crippen LogP contribution in [0.3, 0.4) is 0 Å². The molecular formula is C26H35N3O4. The van der Waals surface area contributed by atoms with Crippen LogP contribution in [-0.2, 0) is 16.1 Å². The molecule has 4 aliphatic rings. The molecule has 0 spiro atoms. The Kier molecular flexibility index (Phi) is 6.43. The monoisotopic (exact) mass is 453 g/mol. The molecule has 7 heteroatoms. The van der Waals surface area contributed by atoms with Crippen molar-refractivity contribution < 1.29 is 19.1 Å². The van der Waals surface area contributed by atoms with E-state index in [2.05, 4.69) is 23.7 Å². The smallest absolute Gasteiger partial charge is 0.255 e. The number of hydrogen-bond acceptors (Lipinski definition) is 5. The quantitative estimate of drug-likeness (QED) is 0.670. The predicted octanol–water partition coefficient (Wildman–Crippen LogP) is 3.24. The summed E-state index contributed by atoms with van der Waals surface area (Å²) in [7, 11) is 0. The number of amides is 2. The predicted molar refractivity (Wildman–Crippen MR) is 125 cm³/mol. The zero-order valence-corrected chi connectivity index (χ0v) is 19.6. The molecule has 0 radical (unpaired) electrons. The Hall–Kier alpha value is -2.38. The van der Waals surface area contributed by atoms with E-state index in [0.717, 1.165) is 49.5 Å². The summed E-state index contributed by atoms with van der Waals surface area (Å²) < 4.78 is 12.3. The highest BCUT2D eigenvalue weighted by Crippen LogP contribution is 2.34. The Morgan fingerprint density at radius 2 is 1.94 bits per heavy atom. The normalized spacial score (nSPS) is 28.8. The SMILES string of the molecule is C=C1CCC(N2Cc3cc(OC4CCCCCC4N4CC(OCC)C4)ccc3C2=O)C(=O)N1. The van der Waals surface area contributed by atoms with Crippen LogP contribution >= 0.6 is 0 Å². The van der Waals surface area contributed by atoms with Gasteiger partial charge >= 0.3 is 0 Å². The molecule has 1 aliphatic carbocycles. The van der Waals surface area contributed by atoms with Crippen molar-refractivity contribution in [3.63, 3.8) is 0 Å². The average molecular weight is 454 g/mol. The highest BCUT2D eigenvalue weighted by atomic mass is 16.5. The first-order chi connectivity index (χ1) is 16.0. The molecule has 3 atom stereocenters. The van der Waals surface area contributed by atoms with Crippen LogP contribution < -0.4 is 10.1 Å². The number of hydrogen-bond donors (Lipinski definition) is 1. The molecule has 7 nitrogen and oxygen atoms in total.